The Balaban J connectivity index is 1.16. The number of terminal acetylenes is 1. The van der Waals surface area contributed by atoms with Crippen LogP contribution >= 0.6 is 0 Å². The van der Waals surface area contributed by atoms with Gasteiger partial charge < -0.3 is 35.0 Å². The van der Waals surface area contributed by atoms with Crippen LogP contribution in [0.1, 0.15) is 51.5 Å². The molecule has 60 heavy (non-hydrogen) atoms. The summed E-state index contributed by atoms with van der Waals surface area (Å²) in [5.74, 6) is 1.36. The number of carbonyl (C=O) groups is 1. The minimum atomic E-state index is -1.16. The number of hydrogen-bond acceptors (Lipinski definition) is 11. The topological polar surface area (TPSA) is 138 Å². The number of amides is 1. The number of fused-ring (bicyclic) bond motifs is 2. The number of morpholine rings is 1. The summed E-state index contributed by atoms with van der Waals surface area (Å²) in [5.41, 5.74) is -0.882. The molecule has 15 heteroatoms. The predicted octanol–water partition coefficient (Wildman–Crippen LogP) is 7.09. The molecule has 1 amide bonds. The van der Waals surface area contributed by atoms with Crippen LogP contribution in [0.15, 0.2) is 61.4 Å². The second kappa shape index (κ2) is 16.5. The van der Waals surface area contributed by atoms with Gasteiger partial charge in [0, 0.05) is 48.6 Å². The highest BCUT2D eigenvalue weighted by atomic mass is 19.1. The zero-order valence-electron chi connectivity index (χ0n) is 33.6. The fraction of sp³-hybridized carbons (Fsp3) is 0.400. The normalized spacial score (nSPS) is 21.3. The first-order valence-corrected chi connectivity index (χ1v) is 20.2. The average Bonchev–Trinajstić information content (AvgIpc) is 3.85. The van der Waals surface area contributed by atoms with Crippen LogP contribution in [0, 0.1) is 29.4 Å². The number of anilines is 3. The summed E-state index contributed by atoms with van der Waals surface area (Å²) >= 11 is 0. The van der Waals surface area contributed by atoms with E-state index in [0.29, 0.717) is 31.7 Å². The molecule has 2 aromatic carbocycles. The Morgan fingerprint density at radius 3 is 2.70 bits per heavy atom. The van der Waals surface area contributed by atoms with E-state index in [-0.39, 0.29) is 87.6 Å². The molecule has 5 aromatic rings. The second-order valence-corrected chi connectivity index (χ2v) is 16.4. The number of alkyl halides is 1. The van der Waals surface area contributed by atoms with Gasteiger partial charge >= 0.3 is 6.01 Å². The molecule has 0 spiro atoms. The number of hydrogen-bond donors (Lipinski definition) is 3. The van der Waals surface area contributed by atoms with Gasteiger partial charge in [-0.1, -0.05) is 31.4 Å². The van der Waals surface area contributed by atoms with Gasteiger partial charge in [0.2, 0.25) is 5.91 Å². The standard InChI is InChI=1S/C45H47F3N8O4/c1-5-32-35(47)11-9-28-17-31(57)18-33(38(28)32)40-39(48)41-34(21-50-40)42(52-25-45(13-7-8-14-45)24-51-37(58)6-2)54-43(53-41)60-26-44(4)19-29(46)22-56(44)30-10-12-36(49-20-30)55-15-16-59-23-27(55)3/h1,6,9-12,17-18,20-21,27,29,57H,2,7-8,13-16,19,22-26H2,3-4H3,(H,51,58)(H,52,53,54)/t27-,29-,44+/m1/s1. The third-order valence-corrected chi connectivity index (χ3v) is 12.1. The molecule has 5 heterocycles. The number of halogens is 3. The first-order chi connectivity index (χ1) is 28.9. The smallest absolute Gasteiger partial charge is 0.319 e. The van der Waals surface area contributed by atoms with E-state index in [4.69, 9.17) is 25.9 Å². The molecule has 8 rings (SSSR count). The average molecular weight is 821 g/mol. The lowest BCUT2D eigenvalue weighted by atomic mass is 9.86. The van der Waals surface area contributed by atoms with Gasteiger partial charge in [0.05, 0.1) is 54.2 Å². The van der Waals surface area contributed by atoms with Crippen molar-refractivity contribution in [3.8, 4) is 35.4 Å². The van der Waals surface area contributed by atoms with Gasteiger partial charge in [-0.25, -0.2) is 18.2 Å². The lowest BCUT2D eigenvalue weighted by Gasteiger charge is -2.37. The third kappa shape index (κ3) is 7.83. The van der Waals surface area contributed by atoms with Crippen LogP contribution in [0.25, 0.3) is 32.9 Å². The Kier molecular flexibility index (Phi) is 11.2. The largest absolute Gasteiger partial charge is 0.508 e. The molecule has 3 aromatic heterocycles. The molecule has 1 saturated carbocycles. The SMILES string of the molecule is C#Cc1c(F)ccc2cc(O)cc(-c3ncc4c(NCC5(CNC(=O)C=C)CCCC5)nc(OC[C@]5(C)C[C@@H](F)CN5c5ccc(N6CCOC[C@H]6C)nc5)nc4c3F)c12. The number of carbonyl (C=O) groups excluding carboxylic acids is 1. The Morgan fingerprint density at radius 1 is 1.15 bits per heavy atom. The molecule has 12 nitrogen and oxygen atoms in total. The zero-order chi connectivity index (χ0) is 42.2. The number of aromatic nitrogens is 4. The Bertz CT molecular complexity index is 2490. The first kappa shape index (κ1) is 40.6. The highest BCUT2D eigenvalue weighted by Crippen LogP contribution is 2.41. The van der Waals surface area contributed by atoms with Crippen molar-refractivity contribution >= 4 is 44.9 Å². The van der Waals surface area contributed by atoms with Crippen LogP contribution < -0.4 is 25.2 Å². The summed E-state index contributed by atoms with van der Waals surface area (Å²) < 4.78 is 59.4. The summed E-state index contributed by atoms with van der Waals surface area (Å²) in [7, 11) is 0. The van der Waals surface area contributed by atoms with Gasteiger partial charge in [0.15, 0.2) is 5.82 Å². The lowest BCUT2D eigenvalue weighted by Crippen LogP contribution is -2.46. The summed E-state index contributed by atoms with van der Waals surface area (Å²) in [6.07, 6.45) is 12.7. The van der Waals surface area contributed by atoms with E-state index < -0.39 is 23.3 Å². The van der Waals surface area contributed by atoms with Gasteiger partial charge in [-0.2, -0.15) is 9.97 Å². The maximum atomic E-state index is 17.1. The van der Waals surface area contributed by atoms with Crippen molar-refractivity contribution in [2.45, 2.75) is 63.7 Å². The van der Waals surface area contributed by atoms with E-state index in [0.717, 1.165) is 43.7 Å². The molecule has 3 aliphatic rings. The van der Waals surface area contributed by atoms with Crippen LogP contribution in [0.5, 0.6) is 11.8 Å². The third-order valence-electron chi connectivity index (χ3n) is 12.1. The summed E-state index contributed by atoms with van der Waals surface area (Å²) in [5, 5.41) is 17.8. The van der Waals surface area contributed by atoms with Gasteiger partial charge in [-0.15, -0.1) is 6.42 Å². The summed E-state index contributed by atoms with van der Waals surface area (Å²) in [6, 6.07) is 9.19. The van der Waals surface area contributed by atoms with Crippen LogP contribution in [-0.2, 0) is 9.53 Å². The quantitative estimate of drug-likeness (QED) is 0.0879. The highest BCUT2D eigenvalue weighted by Gasteiger charge is 2.44. The molecule has 1 aliphatic carbocycles. The number of rotatable bonds is 12. The van der Waals surface area contributed by atoms with E-state index in [2.05, 4.69) is 44.9 Å². The number of phenolic OH excluding ortho intramolecular Hbond substituents is 1. The van der Waals surface area contributed by atoms with E-state index >= 15 is 13.2 Å². The molecule has 3 fully saturated rings. The van der Waals surface area contributed by atoms with Gasteiger partial charge in [0.25, 0.3) is 0 Å². The maximum Gasteiger partial charge on any atom is 0.319 e. The number of aromatic hydroxyl groups is 1. The number of phenols is 1. The molecule has 0 unspecified atom stereocenters. The fourth-order valence-corrected chi connectivity index (χ4v) is 8.95. The molecule has 3 N–H and O–H groups in total. The van der Waals surface area contributed by atoms with Crippen molar-refractivity contribution in [2.75, 3.05) is 61.1 Å². The van der Waals surface area contributed by atoms with Crippen LogP contribution in [0.2, 0.25) is 0 Å². The zero-order valence-corrected chi connectivity index (χ0v) is 33.6. The van der Waals surface area contributed by atoms with E-state index in [1.54, 1.807) is 6.20 Å². The summed E-state index contributed by atoms with van der Waals surface area (Å²) in [6.45, 7) is 10.3. The van der Waals surface area contributed by atoms with E-state index in [1.807, 2.05) is 24.0 Å². The highest BCUT2D eigenvalue weighted by molar-refractivity contribution is 6.03. The molecular formula is C45H47F3N8O4. The Hall–Kier alpha value is -6.14. The number of ether oxygens (including phenoxy) is 2. The minimum absolute atomic E-state index is 0.0559. The fourth-order valence-electron chi connectivity index (χ4n) is 8.95. The van der Waals surface area contributed by atoms with Crippen LogP contribution in [0.4, 0.5) is 30.5 Å². The maximum absolute atomic E-state index is 17.1. The number of nitrogens with zero attached hydrogens (tertiary/aromatic N) is 6. The molecular weight excluding hydrogens is 774 g/mol. The molecule has 0 bridgehead atoms. The van der Waals surface area contributed by atoms with Crippen molar-refractivity contribution < 1.29 is 32.5 Å². The van der Waals surface area contributed by atoms with Crippen molar-refractivity contribution in [3.05, 3.63) is 78.6 Å². The first-order valence-electron chi connectivity index (χ1n) is 20.2. The van der Waals surface area contributed by atoms with Crippen molar-refractivity contribution in [1.82, 2.24) is 25.3 Å². The molecule has 3 atom stereocenters. The monoisotopic (exact) mass is 820 g/mol. The van der Waals surface area contributed by atoms with Crippen LogP contribution in [0.3, 0.4) is 0 Å². The number of pyridine rings is 2. The molecule has 2 aliphatic heterocycles. The van der Waals surface area contributed by atoms with E-state index in [1.165, 1.54) is 36.5 Å². The van der Waals surface area contributed by atoms with Gasteiger partial charge in [0.1, 0.15) is 47.2 Å². The van der Waals surface area contributed by atoms with Crippen molar-refractivity contribution in [1.29, 1.82) is 0 Å². The molecule has 312 valence electrons. The number of benzene rings is 2. The Labute approximate surface area is 346 Å². The minimum Gasteiger partial charge on any atom is -0.508 e. The van der Waals surface area contributed by atoms with Gasteiger partial charge in [-0.3, -0.25) is 9.78 Å². The molecule has 2 saturated heterocycles. The Morgan fingerprint density at radius 2 is 1.97 bits per heavy atom. The summed E-state index contributed by atoms with van der Waals surface area (Å²) in [4.78, 5) is 34.8. The second-order valence-electron chi connectivity index (χ2n) is 16.4. The molecule has 0 radical (unpaired) electrons. The van der Waals surface area contributed by atoms with E-state index in [9.17, 15) is 9.90 Å². The van der Waals surface area contributed by atoms with Crippen molar-refractivity contribution in [2.24, 2.45) is 5.41 Å². The van der Waals surface area contributed by atoms with Gasteiger partial charge in [-0.05, 0) is 68.5 Å². The van der Waals surface area contributed by atoms with Crippen molar-refractivity contribution in [3.63, 3.8) is 0 Å². The number of nitrogens with one attached hydrogen (secondary N) is 2. The predicted molar refractivity (Wildman–Crippen MR) is 225 cm³/mol. The van der Waals surface area contributed by atoms with Crippen LogP contribution in [-0.4, -0.2) is 94.7 Å². The lowest BCUT2D eigenvalue weighted by molar-refractivity contribution is -0.116.